The van der Waals surface area contributed by atoms with Crippen molar-refractivity contribution in [3.8, 4) is 0 Å². The molecule has 3 aliphatic rings. The number of nitrogens with one attached hydrogen (secondary N) is 1. The predicted octanol–water partition coefficient (Wildman–Crippen LogP) is 1.89. The molecule has 4 atom stereocenters. The third kappa shape index (κ3) is 3.81. The van der Waals surface area contributed by atoms with E-state index >= 15 is 0 Å². The summed E-state index contributed by atoms with van der Waals surface area (Å²) in [5.41, 5.74) is 0.545. The van der Waals surface area contributed by atoms with Gasteiger partial charge in [-0.3, -0.25) is 19.3 Å². The van der Waals surface area contributed by atoms with Gasteiger partial charge < -0.3 is 10.1 Å². The zero-order chi connectivity index (χ0) is 20.5. The molecule has 0 aromatic heterocycles. The molecule has 1 saturated carbocycles. The molecule has 29 heavy (non-hydrogen) atoms. The fourth-order valence-electron chi connectivity index (χ4n) is 3.93. The first-order chi connectivity index (χ1) is 14.0. The second kappa shape index (κ2) is 7.81. The molecule has 7 nitrogen and oxygen atoms in total. The molecule has 1 aromatic rings. The van der Waals surface area contributed by atoms with Crippen LogP contribution < -0.4 is 5.32 Å². The Morgan fingerprint density at radius 1 is 1.03 bits per heavy atom. The number of ether oxygens (including phenoxy) is 1. The largest absolute Gasteiger partial charge is 0.446 e. The number of likely N-dealkylation sites (tertiary alicyclic amines) is 1. The lowest BCUT2D eigenvalue weighted by atomic mass is 9.85. The number of amides is 3. The van der Waals surface area contributed by atoms with Crippen molar-refractivity contribution in [2.75, 3.05) is 0 Å². The number of carbonyl (C=O) groups excluding carboxylic acids is 4. The summed E-state index contributed by atoms with van der Waals surface area (Å²) in [6, 6.07) is 7.77. The van der Waals surface area contributed by atoms with E-state index < -0.39 is 35.9 Å². The highest BCUT2D eigenvalue weighted by Crippen LogP contribution is 2.36. The van der Waals surface area contributed by atoms with E-state index in [2.05, 4.69) is 5.32 Å². The minimum absolute atomic E-state index is 0.113. The SMILES string of the molecule is C[C@@H](C(=O)O[C@H](C(=O)NC1CC1)c1ccccc1)N1C(=O)[C@H]2CC=CC[C@@H]2C1=O. The Morgan fingerprint density at radius 2 is 1.62 bits per heavy atom. The number of allylic oxidation sites excluding steroid dienone is 2. The summed E-state index contributed by atoms with van der Waals surface area (Å²) in [4.78, 5) is 52.0. The zero-order valence-electron chi connectivity index (χ0n) is 16.2. The minimum Gasteiger partial charge on any atom is -0.446 e. The Labute approximate surface area is 169 Å². The molecule has 1 aromatic carbocycles. The van der Waals surface area contributed by atoms with Gasteiger partial charge in [0.1, 0.15) is 6.04 Å². The molecule has 1 heterocycles. The predicted molar refractivity (Wildman–Crippen MR) is 103 cm³/mol. The number of imide groups is 1. The fraction of sp³-hybridized carbons (Fsp3) is 0.455. The maximum atomic E-state index is 12.9. The minimum atomic E-state index is -1.12. The summed E-state index contributed by atoms with van der Waals surface area (Å²) in [5, 5.41) is 2.85. The maximum absolute atomic E-state index is 12.9. The van der Waals surface area contributed by atoms with Gasteiger partial charge in [-0.2, -0.15) is 0 Å². The van der Waals surface area contributed by atoms with E-state index in [0.717, 1.165) is 17.7 Å². The topological polar surface area (TPSA) is 92.8 Å². The van der Waals surface area contributed by atoms with E-state index in [1.54, 1.807) is 30.3 Å². The number of nitrogens with zero attached hydrogens (tertiary/aromatic N) is 1. The van der Waals surface area contributed by atoms with Crippen LogP contribution in [0, 0.1) is 11.8 Å². The number of rotatable bonds is 6. The molecule has 0 bridgehead atoms. The van der Waals surface area contributed by atoms with Crippen LogP contribution in [0.5, 0.6) is 0 Å². The Bertz CT molecular complexity index is 835. The quantitative estimate of drug-likeness (QED) is 0.450. The van der Waals surface area contributed by atoms with E-state index in [1.165, 1.54) is 6.92 Å². The average molecular weight is 396 g/mol. The number of benzene rings is 1. The number of carbonyl (C=O) groups is 4. The van der Waals surface area contributed by atoms with E-state index in [0.29, 0.717) is 18.4 Å². The standard InChI is InChI=1S/C22H24N2O5/c1-13(24-20(26)16-9-5-6-10-17(16)21(24)27)22(28)29-18(14-7-3-2-4-8-14)19(25)23-15-11-12-15/h2-8,13,15-18H,9-12H2,1H3,(H,23,25)/t13-,16-,17-,18-/m0/s1. The van der Waals surface area contributed by atoms with Gasteiger partial charge in [-0.1, -0.05) is 42.5 Å². The van der Waals surface area contributed by atoms with Gasteiger partial charge in [0.25, 0.3) is 5.91 Å². The van der Waals surface area contributed by atoms with Crippen LogP contribution in [0.15, 0.2) is 42.5 Å². The summed E-state index contributed by atoms with van der Waals surface area (Å²) in [6.07, 6.45) is 5.49. The highest BCUT2D eigenvalue weighted by molar-refractivity contribution is 6.08. The summed E-state index contributed by atoms with van der Waals surface area (Å²) in [6.45, 7) is 1.48. The van der Waals surface area contributed by atoms with Gasteiger partial charge in [0, 0.05) is 11.6 Å². The molecule has 7 heteroatoms. The Balaban J connectivity index is 1.50. The Kier molecular flexibility index (Phi) is 5.22. The molecule has 1 saturated heterocycles. The smallest absolute Gasteiger partial charge is 0.330 e. The molecule has 0 spiro atoms. The van der Waals surface area contributed by atoms with E-state index in [1.807, 2.05) is 12.2 Å². The van der Waals surface area contributed by atoms with Crippen LogP contribution in [0.1, 0.15) is 44.3 Å². The van der Waals surface area contributed by atoms with Crippen molar-refractivity contribution < 1.29 is 23.9 Å². The van der Waals surface area contributed by atoms with Crippen LogP contribution in [-0.2, 0) is 23.9 Å². The highest BCUT2D eigenvalue weighted by atomic mass is 16.5. The van der Waals surface area contributed by atoms with E-state index in [-0.39, 0.29) is 17.9 Å². The van der Waals surface area contributed by atoms with Crippen molar-refractivity contribution in [3.63, 3.8) is 0 Å². The van der Waals surface area contributed by atoms with Crippen LogP contribution in [0.3, 0.4) is 0 Å². The molecule has 2 aliphatic carbocycles. The van der Waals surface area contributed by atoms with Gasteiger partial charge in [0.05, 0.1) is 11.8 Å². The first-order valence-corrected chi connectivity index (χ1v) is 10.0. The summed E-state index contributed by atoms with van der Waals surface area (Å²) < 4.78 is 5.54. The fourth-order valence-corrected chi connectivity index (χ4v) is 3.93. The highest BCUT2D eigenvalue weighted by Gasteiger charge is 2.50. The lowest BCUT2D eigenvalue weighted by Crippen LogP contribution is -2.45. The van der Waals surface area contributed by atoms with Crippen molar-refractivity contribution in [3.05, 3.63) is 48.0 Å². The molecule has 0 unspecified atom stereocenters. The lowest BCUT2D eigenvalue weighted by molar-refractivity contribution is -0.165. The Hall–Kier alpha value is -2.96. The first-order valence-electron chi connectivity index (χ1n) is 10.0. The van der Waals surface area contributed by atoms with E-state index in [9.17, 15) is 19.2 Å². The normalized spacial score (nSPS) is 25.3. The third-order valence-electron chi connectivity index (χ3n) is 5.77. The van der Waals surface area contributed by atoms with Crippen LogP contribution >= 0.6 is 0 Å². The molecule has 152 valence electrons. The maximum Gasteiger partial charge on any atom is 0.330 e. The Morgan fingerprint density at radius 3 is 2.17 bits per heavy atom. The third-order valence-corrected chi connectivity index (χ3v) is 5.77. The number of hydrogen-bond acceptors (Lipinski definition) is 5. The van der Waals surface area contributed by atoms with Gasteiger partial charge in [-0.15, -0.1) is 0 Å². The van der Waals surface area contributed by atoms with Crippen molar-refractivity contribution in [2.45, 2.75) is 50.8 Å². The summed E-state index contributed by atoms with van der Waals surface area (Å²) >= 11 is 0. The monoisotopic (exact) mass is 396 g/mol. The second-order valence-corrected chi connectivity index (χ2v) is 7.89. The van der Waals surface area contributed by atoms with Gasteiger partial charge in [-0.25, -0.2) is 4.79 Å². The molecule has 0 radical (unpaired) electrons. The molecule has 3 amide bonds. The first kappa shape index (κ1) is 19.4. The van der Waals surface area contributed by atoms with Gasteiger partial charge in [0.2, 0.25) is 17.9 Å². The van der Waals surface area contributed by atoms with E-state index in [4.69, 9.17) is 4.74 Å². The van der Waals surface area contributed by atoms with Crippen molar-refractivity contribution in [1.29, 1.82) is 0 Å². The summed E-state index contributed by atoms with van der Waals surface area (Å²) in [7, 11) is 0. The average Bonchev–Trinajstić information content (AvgIpc) is 3.51. The number of fused-ring (bicyclic) bond motifs is 1. The zero-order valence-corrected chi connectivity index (χ0v) is 16.2. The van der Waals surface area contributed by atoms with Crippen molar-refractivity contribution in [1.82, 2.24) is 10.2 Å². The van der Waals surface area contributed by atoms with Crippen LogP contribution in [0.4, 0.5) is 0 Å². The number of esters is 1. The van der Waals surface area contributed by atoms with Crippen LogP contribution in [0.2, 0.25) is 0 Å². The van der Waals surface area contributed by atoms with Gasteiger partial charge in [0.15, 0.2) is 0 Å². The van der Waals surface area contributed by atoms with Crippen molar-refractivity contribution in [2.24, 2.45) is 11.8 Å². The summed E-state index contributed by atoms with van der Waals surface area (Å²) in [5.74, 6) is -2.66. The number of hydrogen-bond donors (Lipinski definition) is 1. The van der Waals surface area contributed by atoms with Crippen LogP contribution in [-0.4, -0.2) is 40.7 Å². The molecular formula is C22H24N2O5. The molecular weight excluding hydrogens is 372 g/mol. The molecule has 2 fully saturated rings. The second-order valence-electron chi connectivity index (χ2n) is 7.89. The molecule has 1 aliphatic heterocycles. The van der Waals surface area contributed by atoms with Crippen LogP contribution in [0.25, 0.3) is 0 Å². The van der Waals surface area contributed by atoms with Gasteiger partial charge in [-0.05, 0) is 32.6 Å². The van der Waals surface area contributed by atoms with Crippen molar-refractivity contribution >= 4 is 23.7 Å². The molecule has 4 rings (SSSR count). The molecule has 1 N–H and O–H groups in total. The lowest BCUT2D eigenvalue weighted by Gasteiger charge is -2.24. The van der Waals surface area contributed by atoms with Gasteiger partial charge >= 0.3 is 5.97 Å².